The second-order valence-corrected chi connectivity index (χ2v) is 3.78. The Balaban J connectivity index is 2.37. The minimum atomic E-state index is -0.288. The van der Waals surface area contributed by atoms with Crippen LogP contribution < -0.4 is 15.2 Å². The van der Waals surface area contributed by atoms with E-state index in [2.05, 4.69) is 0 Å². The number of aliphatic hydroxyl groups excluding tert-OH is 1. The van der Waals surface area contributed by atoms with Crippen molar-refractivity contribution in [2.24, 2.45) is 5.73 Å². The lowest BCUT2D eigenvalue weighted by Crippen LogP contribution is -2.12. The Kier molecular flexibility index (Phi) is 3.00. The zero-order valence-corrected chi connectivity index (χ0v) is 8.83. The molecule has 0 spiro atoms. The van der Waals surface area contributed by atoms with Crippen molar-refractivity contribution in [2.45, 2.75) is 12.5 Å². The van der Waals surface area contributed by atoms with Gasteiger partial charge in [-0.1, -0.05) is 11.6 Å². The van der Waals surface area contributed by atoms with Crippen molar-refractivity contribution >= 4 is 11.6 Å². The first-order valence-electron chi connectivity index (χ1n) is 4.68. The van der Waals surface area contributed by atoms with Gasteiger partial charge in [-0.3, -0.25) is 0 Å². The molecule has 1 atom stereocenters. The highest BCUT2D eigenvalue weighted by Gasteiger charge is 2.22. The number of hydrogen-bond acceptors (Lipinski definition) is 4. The molecule has 1 aliphatic heterocycles. The van der Waals surface area contributed by atoms with E-state index in [-0.39, 0.29) is 19.4 Å². The Labute approximate surface area is 92.5 Å². The molecule has 0 saturated carbocycles. The first kappa shape index (κ1) is 10.5. The number of ether oxygens (including phenoxy) is 2. The molecule has 82 valence electrons. The van der Waals surface area contributed by atoms with E-state index in [1.54, 1.807) is 12.1 Å². The third kappa shape index (κ3) is 2.02. The van der Waals surface area contributed by atoms with Crippen LogP contribution in [0.25, 0.3) is 0 Å². The molecule has 0 saturated heterocycles. The first-order chi connectivity index (χ1) is 7.22. The van der Waals surface area contributed by atoms with Crippen LogP contribution in [0.4, 0.5) is 0 Å². The summed E-state index contributed by atoms with van der Waals surface area (Å²) in [6, 6.07) is 3.15. The number of benzene rings is 1. The van der Waals surface area contributed by atoms with Gasteiger partial charge in [0.05, 0.1) is 0 Å². The highest BCUT2D eigenvalue weighted by atomic mass is 35.5. The van der Waals surface area contributed by atoms with Crippen LogP contribution in [-0.2, 0) is 0 Å². The smallest absolute Gasteiger partial charge is 0.231 e. The van der Waals surface area contributed by atoms with Gasteiger partial charge < -0.3 is 20.3 Å². The molecule has 0 bridgehead atoms. The summed E-state index contributed by atoms with van der Waals surface area (Å²) in [6.07, 6.45) is 0.468. The largest absolute Gasteiger partial charge is 0.454 e. The van der Waals surface area contributed by atoms with E-state index in [0.29, 0.717) is 22.9 Å². The van der Waals surface area contributed by atoms with E-state index in [9.17, 15) is 0 Å². The third-order valence-corrected chi connectivity index (χ3v) is 2.52. The van der Waals surface area contributed by atoms with Crippen molar-refractivity contribution in [1.29, 1.82) is 0 Å². The second-order valence-electron chi connectivity index (χ2n) is 3.35. The van der Waals surface area contributed by atoms with Crippen LogP contribution in [0.5, 0.6) is 11.5 Å². The molecule has 0 aliphatic carbocycles. The third-order valence-electron chi connectivity index (χ3n) is 2.31. The molecular weight excluding hydrogens is 218 g/mol. The molecule has 1 aliphatic rings. The number of nitrogens with two attached hydrogens (primary N) is 1. The van der Waals surface area contributed by atoms with E-state index < -0.39 is 0 Å². The van der Waals surface area contributed by atoms with Crippen LogP contribution in [0.2, 0.25) is 5.02 Å². The normalized spacial score (nSPS) is 15.4. The maximum Gasteiger partial charge on any atom is 0.231 e. The Morgan fingerprint density at radius 3 is 3.00 bits per heavy atom. The number of hydrogen-bond donors (Lipinski definition) is 2. The molecule has 0 aromatic heterocycles. The van der Waals surface area contributed by atoms with Crippen molar-refractivity contribution in [2.75, 3.05) is 13.4 Å². The molecule has 1 heterocycles. The van der Waals surface area contributed by atoms with Crippen LogP contribution in [0, 0.1) is 0 Å². The Morgan fingerprint density at radius 2 is 2.27 bits per heavy atom. The number of halogens is 1. The summed E-state index contributed by atoms with van der Waals surface area (Å²) in [6.45, 7) is 0.220. The molecule has 0 amide bonds. The van der Waals surface area contributed by atoms with Gasteiger partial charge in [0.1, 0.15) is 0 Å². The van der Waals surface area contributed by atoms with E-state index in [0.717, 1.165) is 5.56 Å². The average Bonchev–Trinajstić information content (AvgIpc) is 2.64. The van der Waals surface area contributed by atoms with E-state index in [1.807, 2.05) is 0 Å². The maximum absolute atomic E-state index is 8.83. The summed E-state index contributed by atoms with van der Waals surface area (Å²) in [5.74, 6) is 1.26. The summed E-state index contributed by atoms with van der Waals surface area (Å²) < 4.78 is 10.5. The second kappa shape index (κ2) is 4.26. The SMILES string of the molecule is NC(CCO)c1cc(Cl)cc2c1OCO2. The molecule has 0 radical (unpaired) electrons. The van der Waals surface area contributed by atoms with Crippen molar-refractivity contribution in [3.63, 3.8) is 0 Å². The lowest BCUT2D eigenvalue weighted by molar-refractivity contribution is 0.172. The number of fused-ring (bicyclic) bond motifs is 1. The minimum absolute atomic E-state index is 0.0311. The molecular formula is C10H12ClNO3. The molecule has 3 N–H and O–H groups in total. The van der Waals surface area contributed by atoms with Crippen molar-refractivity contribution < 1.29 is 14.6 Å². The monoisotopic (exact) mass is 229 g/mol. The molecule has 1 aromatic rings. The topological polar surface area (TPSA) is 64.7 Å². The maximum atomic E-state index is 8.83. The van der Waals surface area contributed by atoms with Gasteiger partial charge in [-0.2, -0.15) is 0 Å². The summed E-state index contributed by atoms with van der Waals surface area (Å²) in [7, 11) is 0. The van der Waals surface area contributed by atoms with Crippen LogP contribution in [0.3, 0.4) is 0 Å². The van der Waals surface area contributed by atoms with Crippen LogP contribution in [0.1, 0.15) is 18.0 Å². The molecule has 15 heavy (non-hydrogen) atoms. The number of aliphatic hydroxyl groups is 1. The van der Waals surface area contributed by atoms with Gasteiger partial charge in [0.2, 0.25) is 6.79 Å². The van der Waals surface area contributed by atoms with Crippen LogP contribution >= 0.6 is 11.6 Å². The molecule has 0 fully saturated rings. The summed E-state index contributed by atoms with van der Waals surface area (Å²) >= 11 is 5.92. The molecule has 4 nitrogen and oxygen atoms in total. The van der Waals surface area contributed by atoms with Crippen molar-refractivity contribution in [3.8, 4) is 11.5 Å². The van der Waals surface area contributed by atoms with Crippen molar-refractivity contribution in [1.82, 2.24) is 0 Å². The standard InChI is InChI=1S/C10H12ClNO3/c11-6-3-7(8(12)1-2-13)10-9(4-6)14-5-15-10/h3-4,8,13H,1-2,5,12H2. The van der Waals surface area contributed by atoms with Gasteiger partial charge in [0.15, 0.2) is 11.5 Å². The molecule has 5 heteroatoms. The lowest BCUT2D eigenvalue weighted by Gasteiger charge is -2.13. The van der Waals surface area contributed by atoms with Gasteiger partial charge in [-0.25, -0.2) is 0 Å². The Bertz CT molecular complexity index is 370. The van der Waals surface area contributed by atoms with Gasteiger partial charge in [-0.15, -0.1) is 0 Å². The minimum Gasteiger partial charge on any atom is -0.454 e. The van der Waals surface area contributed by atoms with E-state index in [4.69, 9.17) is 31.9 Å². The molecule has 1 unspecified atom stereocenters. The average molecular weight is 230 g/mol. The highest BCUT2D eigenvalue weighted by molar-refractivity contribution is 6.30. The lowest BCUT2D eigenvalue weighted by atomic mass is 10.0. The first-order valence-corrected chi connectivity index (χ1v) is 5.05. The van der Waals surface area contributed by atoms with Gasteiger partial charge in [-0.05, 0) is 12.5 Å². The fraction of sp³-hybridized carbons (Fsp3) is 0.400. The zero-order valence-electron chi connectivity index (χ0n) is 8.07. The summed E-state index contributed by atoms with van der Waals surface area (Å²) in [4.78, 5) is 0. The van der Waals surface area contributed by atoms with Gasteiger partial charge in [0, 0.05) is 29.3 Å². The summed E-state index contributed by atoms with van der Waals surface area (Å²) in [5.41, 5.74) is 6.67. The van der Waals surface area contributed by atoms with Crippen LogP contribution in [0.15, 0.2) is 12.1 Å². The quantitative estimate of drug-likeness (QED) is 0.824. The van der Waals surface area contributed by atoms with E-state index >= 15 is 0 Å². The highest BCUT2D eigenvalue weighted by Crippen LogP contribution is 2.41. The zero-order chi connectivity index (χ0) is 10.8. The Morgan fingerprint density at radius 1 is 1.47 bits per heavy atom. The van der Waals surface area contributed by atoms with Crippen molar-refractivity contribution in [3.05, 3.63) is 22.7 Å². The fourth-order valence-corrected chi connectivity index (χ4v) is 1.79. The Hall–Kier alpha value is -0.970. The van der Waals surface area contributed by atoms with E-state index in [1.165, 1.54) is 0 Å². The fourth-order valence-electron chi connectivity index (χ4n) is 1.57. The van der Waals surface area contributed by atoms with Gasteiger partial charge in [0.25, 0.3) is 0 Å². The summed E-state index contributed by atoms with van der Waals surface area (Å²) in [5, 5.41) is 9.39. The van der Waals surface area contributed by atoms with Crippen LogP contribution in [-0.4, -0.2) is 18.5 Å². The van der Waals surface area contributed by atoms with Gasteiger partial charge >= 0.3 is 0 Å². The molecule has 1 aromatic carbocycles. The predicted molar refractivity (Wildman–Crippen MR) is 56.2 cm³/mol. The predicted octanol–water partition coefficient (Wildman–Crippen LogP) is 1.45. The molecule has 2 rings (SSSR count). The number of rotatable bonds is 3.